The lowest BCUT2D eigenvalue weighted by Crippen LogP contribution is -2.37. The smallest absolute Gasteiger partial charge is 0.243 e. The van der Waals surface area contributed by atoms with E-state index >= 15 is 0 Å². The molecule has 0 radical (unpaired) electrons. The zero-order chi connectivity index (χ0) is 15.5. The zero-order valence-corrected chi connectivity index (χ0v) is 13.1. The lowest BCUT2D eigenvalue weighted by molar-refractivity contribution is 0.277. The molecule has 0 saturated heterocycles. The van der Waals surface area contributed by atoms with Crippen molar-refractivity contribution in [1.82, 2.24) is 4.31 Å². The summed E-state index contributed by atoms with van der Waals surface area (Å²) in [5, 5.41) is 9.30. The SMILES string of the molecule is CN(C1CCCCCC1)S(=O)(=O)c1cc(F)ccc1CO. The summed E-state index contributed by atoms with van der Waals surface area (Å²) in [7, 11) is -2.23. The highest BCUT2D eigenvalue weighted by Gasteiger charge is 2.30. The first kappa shape index (κ1) is 16.4. The summed E-state index contributed by atoms with van der Waals surface area (Å²) in [5.41, 5.74) is 0.233. The van der Waals surface area contributed by atoms with Gasteiger partial charge in [-0.3, -0.25) is 0 Å². The second-order valence-corrected chi connectivity index (χ2v) is 7.54. The van der Waals surface area contributed by atoms with Gasteiger partial charge in [0.2, 0.25) is 10.0 Å². The summed E-state index contributed by atoms with van der Waals surface area (Å²) >= 11 is 0. The zero-order valence-electron chi connectivity index (χ0n) is 12.3. The highest BCUT2D eigenvalue weighted by Crippen LogP contribution is 2.27. The highest BCUT2D eigenvalue weighted by atomic mass is 32.2. The van der Waals surface area contributed by atoms with Crippen LogP contribution in [0.2, 0.25) is 0 Å². The molecule has 1 fully saturated rings. The summed E-state index contributed by atoms with van der Waals surface area (Å²) in [6.45, 7) is -0.423. The van der Waals surface area contributed by atoms with Crippen LogP contribution in [-0.4, -0.2) is 30.9 Å². The number of hydrogen-bond donors (Lipinski definition) is 1. The molecule has 4 nitrogen and oxygen atoms in total. The molecule has 118 valence electrons. The Hall–Kier alpha value is -0.980. The summed E-state index contributed by atoms with van der Waals surface area (Å²) < 4.78 is 40.2. The van der Waals surface area contributed by atoms with Crippen molar-refractivity contribution in [2.45, 2.75) is 56.1 Å². The Labute approximate surface area is 125 Å². The van der Waals surface area contributed by atoms with E-state index in [2.05, 4.69) is 0 Å². The van der Waals surface area contributed by atoms with Crippen molar-refractivity contribution in [3.63, 3.8) is 0 Å². The third-order valence-corrected chi connectivity index (χ3v) is 6.19. The number of aliphatic hydroxyl groups is 1. The maximum atomic E-state index is 13.4. The second-order valence-electron chi connectivity index (χ2n) is 5.58. The van der Waals surface area contributed by atoms with Gasteiger partial charge in [0, 0.05) is 13.1 Å². The van der Waals surface area contributed by atoms with E-state index in [0.717, 1.165) is 50.7 Å². The summed E-state index contributed by atoms with van der Waals surface area (Å²) in [6, 6.07) is 3.43. The Kier molecular flexibility index (Phi) is 5.35. The van der Waals surface area contributed by atoms with Crippen molar-refractivity contribution in [1.29, 1.82) is 0 Å². The average Bonchev–Trinajstić information content (AvgIpc) is 2.75. The fourth-order valence-corrected chi connectivity index (χ4v) is 4.51. The van der Waals surface area contributed by atoms with Gasteiger partial charge in [-0.25, -0.2) is 12.8 Å². The largest absolute Gasteiger partial charge is 0.392 e. The topological polar surface area (TPSA) is 57.6 Å². The number of halogens is 1. The molecule has 1 N–H and O–H groups in total. The van der Waals surface area contributed by atoms with E-state index in [4.69, 9.17) is 0 Å². The van der Waals surface area contributed by atoms with E-state index in [1.54, 1.807) is 7.05 Å². The lowest BCUT2D eigenvalue weighted by atomic mass is 10.1. The van der Waals surface area contributed by atoms with Crippen molar-refractivity contribution in [2.24, 2.45) is 0 Å². The highest BCUT2D eigenvalue weighted by molar-refractivity contribution is 7.89. The number of benzene rings is 1. The molecule has 21 heavy (non-hydrogen) atoms. The molecule has 1 saturated carbocycles. The standard InChI is InChI=1S/C15H22FNO3S/c1-17(14-6-4-2-3-5-7-14)21(19,20)15-10-13(16)9-8-12(15)11-18/h8-10,14,18H,2-7,11H2,1H3. The van der Waals surface area contributed by atoms with Crippen LogP contribution in [0.5, 0.6) is 0 Å². The minimum atomic E-state index is -3.79. The van der Waals surface area contributed by atoms with E-state index in [-0.39, 0.29) is 16.5 Å². The fourth-order valence-electron chi connectivity index (χ4n) is 2.87. The number of hydrogen-bond acceptors (Lipinski definition) is 3. The fraction of sp³-hybridized carbons (Fsp3) is 0.600. The average molecular weight is 315 g/mol. The van der Waals surface area contributed by atoms with Crippen molar-refractivity contribution >= 4 is 10.0 Å². The molecule has 1 aliphatic carbocycles. The van der Waals surface area contributed by atoms with E-state index in [9.17, 15) is 17.9 Å². The summed E-state index contributed by atoms with van der Waals surface area (Å²) in [6.07, 6.45) is 5.96. The second kappa shape index (κ2) is 6.85. The third-order valence-electron chi connectivity index (χ3n) is 4.20. The normalized spacial score (nSPS) is 17.9. The van der Waals surface area contributed by atoms with Crippen LogP contribution in [0.3, 0.4) is 0 Å². The van der Waals surface area contributed by atoms with Crippen LogP contribution in [0, 0.1) is 5.82 Å². The van der Waals surface area contributed by atoms with Crippen molar-refractivity contribution < 1.29 is 17.9 Å². The molecule has 0 aromatic heterocycles. The van der Waals surface area contributed by atoms with Gasteiger partial charge in [-0.1, -0.05) is 31.7 Å². The Morgan fingerprint density at radius 3 is 2.43 bits per heavy atom. The molecule has 6 heteroatoms. The number of sulfonamides is 1. The minimum Gasteiger partial charge on any atom is -0.392 e. The molecule has 1 aromatic carbocycles. The molecule has 0 spiro atoms. The van der Waals surface area contributed by atoms with Crippen LogP contribution in [0.4, 0.5) is 4.39 Å². The van der Waals surface area contributed by atoms with E-state index in [1.807, 2.05) is 0 Å². The first-order valence-corrected chi connectivity index (χ1v) is 8.78. The molecule has 0 heterocycles. The van der Waals surface area contributed by atoms with Crippen molar-refractivity contribution in [3.05, 3.63) is 29.6 Å². The Morgan fingerprint density at radius 2 is 1.86 bits per heavy atom. The number of aliphatic hydroxyl groups excluding tert-OH is 1. The summed E-state index contributed by atoms with van der Waals surface area (Å²) in [5.74, 6) is -0.611. The van der Waals surface area contributed by atoms with E-state index in [0.29, 0.717) is 0 Å². The maximum Gasteiger partial charge on any atom is 0.243 e. The Bertz CT molecular complexity index is 581. The van der Waals surface area contributed by atoms with Crippen LogP contribution < -0.4 is 0 Å². The van der Waals surface area contributed by atoms with Gasteiger partial charge in [-0.2, -0.15) is 4.31 Å². The van der Waals surface area contributed by atoms with Gasteiger partial charge in [0.05, 0.1) is 11.5 Å². The molecular formula is C15H22FNO3S. The summed E-state index contributed by atoms with van der Waals surface area (Å²) in [4.78, 5) is -0.128. The monoisotopic (exact) mass is 315 g/mol. The molecule has 0 unspecified atom stereocenters. The predicted octanol–water partition coefficient (Wildman–Crippen LogP) is 2.66. The minimum absolute atomic E-state index is 0.0488. The van der Waals surface area contributed by atoms with Gasteiger partial charge < -0.3 is 5.11 Å². The molecule has 1 aliphatic rings. The molecule has 2 rings (SSSR count). The van der Waals surface area contributed by atoms with Crippen LogP contribution in [0.25, 0.3) is 0 Å². The van der Waals surface area contributed by atoms with Crippen molar-refractivity contribution in [3.8, 4) is 0 Å². The lowest BCUT2D eigenvalue weighted by Gasteiger charge is -2.27. The van der Waals surface area contributed by atoms with Crippen LogP contribution >= 0.6 is 0 Å². The quantitative estimate of drug-likeness (QED) is 0.869. The molecule has 0 atom stereocenters. The van der Waals surface area contributed by atoms with E-state index in [1.165, 1.54) is 10.4 Å². The van der Waals surface area contributed by atoms with Gasteiger partial charge in [-0.05, 0) is 30.5 Å². The van der Waals surface area contributed by atoms with Crippen molar-refractivity contribution in [2.75, 3.05) is 7.05 Å². The Balaban J connectivity index is 2.34. The van der Waals surface area contributed by atoms with Crippen LogP contribution in [0.1, 0.15) is 44.1 Å². The number of rotatable bonds is 4. The van der Waals surface area contributed by atoms with Gasteiger partial charge >= 0.3 is 0 Å². The van der Waals surface area contributed by atoms with Crippen LogP contribution in [-0.2, 0) is 16.6 Å². The van der Waals surface area contributed by atoms with Crippen LogP contribution in [0.15, 0.2) is 23.1 Å². The molecule has 1 aromatic rings. The molecule has 0 bridgehead atoms. The van der Waals surface area contributed by atoms with Gasteiger partial charge in [0.25, 0.3) is 0 Å². The molecule has 0 amide bonds. The maximum absolute atomic E-state index is 13.4. The first-order valence-electron chi connectivity index (χ1n) is 7.34. The molecular weight excluding hydrogens is 293 g/mol. The third kappa shape index (κ3) is 3.62. The van der Waals surface area contributed by atoms with Gasteiger partial charge in [-0.15, -0.1) is 0 Å². The molecule has 0 aliphatic heterocycles. The predicted molar refractivity (Wildman–Crippen MR) is 78.8 cm³/mol. The van der Waals surface area contributed by atoms with Gasteiger partial charge in [0.15, 0.2) is 0 Å². The van der Waals surface area contributed by atoms with Gasteiger partial charge in [0.1, 0.15) is 5.82 Å². The van der Waals surface area contributed by atoms with E-state index < -0.39 is 22.4 Å². The Morgan fingerprint density at radius 1 is 1.24 bits per heavy atom. The first-order chi connectivity index (χ1) is 9.96. The number of nitrogens with zero attached hydrogens (tertiary/aromatic N) is 1.